The van der Waals surface area contributed by atoms with Crippen molar-refractivity contribution in [2.75, 3.05) is 28.4 Å². The van der Waals surface area contributed by atoms with E-state index in [2.05, 4.69) is 15.3 Å². The zero-order valence-electron chi connectivity index (χ0n) is 19.0. The highest BCUT2D eigenvalue weighted by Crippen LogP contribution is 2.48. The minimum atomic E-state index is -0.899. The van der Waals surface area contributed by atoms with E-state index in [4.69, 9.17) is 19.6 Å². The van der Waals surface area contributed by atoms with Crippen molar-refractivity contribution in [2.45, 2.75) is 18.4 Å². The lowest BCUT2D eigenvalue weighted by atomic mass is 9.76. The lowest BCUT2D eigenvalue weighted by Crippen LogP contribution is -2.62. The van der Waals surface area contributed by atoms with Crippen LogP contribution in [0.2, 0.25) is 0 Å². The Morgan fingerprint density at radius 3 is 2.27 bits per heavy atom. The second kappa shape index (κ2) is 8.70. The van der Waals surface area contributed by atoms with Gasteiger partial charge in [-0.2, -0.15) is 0 Å². The molecule has 2 aromatic heterocycles. The third kappa shape index (κ3) is 3.76. The number of carbonyl (C=O) groups is 1. The Balaban J connectivity index is 1.87. The number of carbonyl (C=O) groups excluding carboxylic acids is 1. The van der Waals surface area contributed by atoms with E-state index >= 15 is 0 Å². The molecule has 3 heterocycles. The zero-order valence-corrected chi connectivity index (χ0v) is 19.8. The van der Waals surface area contributed by atoms with E-state index < -0.39 is 11.5 Å². The van der Waals surface area contributed by atoms with Gasteiger partial charge in [-0.05, 0) is 41.6 Å². The van der Waals surface area contributed by atoms with Crippen molar-refractivity contribution in [2.24, 2.45) is 0 Å². The normalized spacial score (nSPS) is 20.4. The van der Waals surface area contributed by atoms with Gasteiger partial charge in [0.25, 0.3) is 0 Å². The molecule has 172 valence electrons. The molecule has 2 atom stereocenters. The van der Waals surface area contributed by atoms with Gasteiger partial charge in [0.15, 0.2) is 17.5 Å². The number of ether oxygens (including phenoxy) is 3. The fourth-order valence-corrected chi connectivity index (χ4v) is 5.18. The monoisotopic (exact) mass is 467 g/mol. The van der Waals surface area contributed by atoms with Crippen LogP contribution in [0, 0.1) is 5.41 Å². The number of benzene rings is 1. The summed E-state index contributed by atoms with van der Waals surface area (Å²) in [4.78, 5) is 24.0. The molecule has 1 saturated heterocycles. The number of methoxy groups -OCH3 is 3. The molecule has 1 aliphatic heterocycles. The Bertz CT molecular complexity index is 1170. The van der Waals surface area contributed by atoms with Crippen LogP contribution in [0.5, 0.6) is 17.2 Å². The molecule has 2 N–H and O–H groups in total. The van der Waals surface area contributed by atoms with Crippen LogP contribution in [-0.4, -0.2) is 55.1 Å². The van der Waals surface area contributed by atoms with Crippen LogP contribution in [0.15, 0.2) is 42.3 Å². The van der Waals surface area contributed by atoms with Crippen LogP contribution < -0.4 is 19.5 Å². The Hall–Kier alpha value is -3.66. The minimum absolute atomic E-state index is 0.0317. The van der Waals surface area contributed by atoms with E-state index in [9.17, 15) is 4.79 Å². The first-order valence-electron chi connectivity index (χ1n) is 10.1. The smallest absolute Gasteiger partial charge is 0.239 e. The maximum absolute atomic E-state index is 13.6. The SMILES string of the molecule is COc1cc(C2C(=O)N(C)C(=N)N[C@]2(C)c2cc(-c3cncnc3)cs2)cc(OC)c1OC. The maximum atomic E-state index is 13.6. The van der Waals surface area contributed by atoms with Crippen LogP contribution in [-0.2, 0) is 10.3 Å². The quantitative estimate of drug-likeness (QED) is 0.573. The molecule has 0 aliphatic carbocycles. The summed E-state index contributed by atoms with van der Waals surface area (Å²) in [5, 5.41) is 13.6. The van der Waals surface area contributed by atoms with Crippen molar-refractivity contribution in [3.8, 4) is 28.4 Å². The van der Waals surface area contributed by atoms with E-state index in [0.717, 1.165) is 16.0 Å². The molecular weight excluding hydrogens is 442 g/mol. The molecule has 0 saturated carbocycles. The zero-order chi connectivity index (χ0) is 23.8. The highest BCUT2D eigenvalue weighted by atomic mass is 32.1. The molecule has 3 aromatic rings. The summed E-state index contributed by atoms with van der Waals surface area (Å²) >= 11 is 1.51. The number of amides is 1. The standard InChI is InChI=1S/C23H25N5O4S/c1-23(18-8-14(11-33-18)15-9-25-12-26-10-15)19(21(29)28(2)22(24)27-23)13-6-16(30-3)20(32-5)17(7-13)31-4/h6-12,19H,1-5H3,(H2,24,27)/t19?,23-/m1/s1. The maximum Gasteiger partial charge on any atom is 0.239 e. The van der Waals surface area contributed by atoms with Crippen molar-refractivity contribution in [1.29, 1.82) is 5.41 Å². The van der Waals surface area contributed by atoms with Crippen molar-refractivity contribution in [3.63, 3.8) is 0 Å². The number of rotatable bonds is 6. The van der Waals surface area contributed by atoms with Gasteiger partial charge >= 0.3 is 0 Å². The Kier molecular flexibility index (Phi) is 5.94. The van der Waals surface area contributed by atoms with E-state index in [1.165, 1.54) is 43.9 Å². The van der Waals surface area contributed by atoms with Crippen LogP contribution in [0.3, 0.4) is 0 Å². The molecule has 4 rings (SSSR count). The molecule has 10 heteroatoms. The summed E-state index contributed by atoms with van der Waals surface area (Å²) < 4.78 is 16.5. The highest BCUT2D eigenvalue weighted by molar-refractivity contribution is 7.10. The fraction of sp³-hybridized carbons (Fsp3) is 0.304. The number of hydrogen-bond donors (Lipinski definition) is 2. The first kappa shape index (κ1) is 22.5. The number of nitrogens with zero attached hydrogens (tertiary/aromatic N) is 3. The van der Waals surface area contributed by atoms with Crippen LogP contribution in [0.4, 0.5) is 0 Å². The van der Waals surface area contributed by atoms with Crippen LogP contribution >= 0.6 is 11.3 Å². The number of aromatic nitrogens is 2. The summed E-state index contributed by atoms with van der Waals surface area (Å²) in [7, 11) is 6.20. The van der Waals surface area contributed by atoms with Crippen LogP contribution in [0.25, 0.3) is 11.1 Å². The van der Waals surface area contributed by atoms with Gasteiger partial charge in [-0.3, -0.25) is 15.1 Å². The van der Waals surface area contributed by atoms with Gasteiger partial charge in [0, 0.05) is 29.9 Å². The lowest BCUT2D eigenvalue weighted by molar-refractivity contribution is -0.131. The second-order valence-electron chi connectivity index (χ2n) is 7.79. The van der Waals surface area contributed by atoms with Gasteiger partial charge in [0.2, 0.25) is 11.7 Å². The molecule has 1 aromatic carbocycles. The minimum Gasteiger partial charge on any atom is -0.493 e. The van der Waals surface area contributed by atoms with E-state index in [1.54, 1.807) is 31.6 Å². The summed E-state index contributed by atoms with van der Waals surface area (Å²) in [5.74, 6) is 0.518. The van der Waals surface area contributed by atoms with Crippen molar-refractivity contribution in [1.82, 2.24) is 20.2 Å². The Morgan fingerprint density at radius 2 is 1.70 bits per heavy atom. The van der Waals surface area contributed by atoms with Gasteiger partial charge in [0.05, 0.1) is 32.8 Å². The van der Waals surface area contributed by atoms with Crippen molar-refractivity contribution < 1.29 is 19.0 Å². The van der Waals surface area contributed by atoms with Gasteiger partial charge < -0.3 is 19.5 Å². The molecule has 0 bridgehead atoms. The Morgan fingerprint density at radius 1 is 1.06 bits per heavy atom. The van der Waals surface area contributed by atoms with E-state index in [-0.39, 0.29) is 11.9 Å². The lowest BCUT2D eigenvalue weighted by Gasteiger charge is -2.45. The predicted molar refractivity (Wildman–Crippen MR) is 125 cm³/mol. The summed E-state index contributed by atoms with van der Waals surface area (Å²) in [6, 6.07) is 5.57. The summed E-state index contributed by atoms with van der Waals surface area (Å²) in [5.41, 5.74) is 1.61. The van der Waals surface area contributed by atoms with Gasteiger partial charge in [-0.1, -0.05) is 0 Å². The molecule has 0 spiro atoms. The summed E-state index contributed by atoms with van der Waals surface area (Å²) in [6.07, 6.45) is 4.97. The number of thiophene rings is 1. The van der Waals surface area contributed by atoms with Crippen molar-refractivity contribution in [3.05, 3.63) is 52.7 Å². The highest BCUT2D eigenvalue weighted by Gasteiger charge is 2.49. The third-order valence-corrected chi connectivity index (χ3v) is 7.06. The molecule has 1 unspecified atom stereocenters. The van der Waals surface area contributed by atoms with Crippen molar-refractivity contribution >= 4 is 23.2 Å². The third-order valence-electron chi connectivity index (χ3n) is 5.89. The molecule has 1 fully saturated rings. The first-order valence-corrected chi connectivity index (χ1v) is 11.0. The average molecular weight is 468 g/mol. The number of guanidine groups is 1. The topological polar surface area (TPSA) is 110 Å². The molecule has 33 heavy (non-hydrogen) atoms. The average Bonchev–Trinajstić information content (AvgIpc) is 3.34. The number of nitrogens with one attached hydrogen (secondary N) is 2. The van der Waals surface area contributed by atoms with Gasteiger partial charge in [-0.25, -0.2) is 9.97 Å². The fourth-order valence-electron chi connectivity index (χ4n) is 4.11. The largest absolute Gasteiger partial charge is 0.493 e. The van der Waals surface area contributed by atoms with E-state index in [1.807, 2.05) is 18.4 Å². The first-order chi connectivity index (χ1) is 15.8. The molecule has 0 radical (unpaired) electrons. The van der Waals surface area contributed by atoms with Crippen LogP contribution in [0.1, 0.15) is 23.3 Å². The number of likely N-dealkylation sites (N-methyl/N-ethyl adjacent to an activating group) is 1. The predicted octanol–water partition coefficient (Wildman–Crippen LogP) is 3.23. The second-order valence-corrected chi connectivity index (χ2v) is 8.70. The summed E-state index contributed by atoms with van der Waals surface area (Å²) in [6.45, 7) is 1.93. The van der Waals surface area contributed by atoms with E-state index in [0.29, 0.717) is 22.8 Å². The number of hydrogen-bond acceptors (Lipinski definition) is 8. The van der Waals surface area contributed by atoms with Gasteiger partial charge in [-0.15, -0.1) is 11.3 Å². The van der Waals surface area contributed by atoms with Gasteiger partial charge in [0.1, 0.15) is 6.33 Å². The molecule has 1 amide bonds. The molecule has 1 aliphatic rings. The molecule has 9 nitrogen and oxygen atoms in total. The Labute approximate surface area is 195 Å². The molecular formula is C23H25N5O4S.